The number of hydrogen-bond acceptors (Lipinski definition) is 4. The molecule has 2 N–H and O–H groups in total. The van der Waals surface area contributed by atoms with Crippen LogP contribution in [0.2, 0.25) is 0 Å². The van der Waals surface area contributed by atoms with E-state index in [1.54, 1.807) is 18.3 Å². The maximum atomic E-state index is 13.7. The molecule has 0 spiro atoms. The van der Waals surface area contributed by atoms with Crippen molar-refractivity contribution in [2.24, 2.45) is 0 Å². The van der Waals surface area contributed by atoms with Crippen LogP contribution in [0.3, 0.4) is 0 Å². The first-order chi connectivity index (χ1) is 14.0. The summed E-state index contributed by atoms with van der Waals surface area (Å²) in [6, 6.07) is 6.58. The second kappa shape index (κ2) is 9.54. The number of benzene rings is 1. The minimum Gasteiger partial charge on any atom is -0.494 e. The lowest BCUT2D eigenvalue weighted by atomic mass is 9.85. The molecule has 1 aliphatic rings. The molecule has 156 valence electrons. The number of methoxy groups -OCH3 is 1. The van der Waals surface area contributed by atoms with E-state index in [1.807, 2.05) is 16.9 Å². The molecule has 2 heterocycles. The number of carbonyl (C=O) groups is 2. The molecule has 7 nitrogen and oxygen atoms in total. The molecule has 29 heavy (non-hydrogen) atoms. The Bertz CT molecular complexity index is 840. The molecule has 0 bridgehead atoms. The summed E-state index contributed by atoms with van der Waals surface area (Å²) in [5, 5.41) is 10.1. The molecule has 8 heteroatoms. The normalized spacial score (nSPS) is 18.5. The minimum atomic E-state index is -0.494. The van der Waals surface area contributed by atoms with Crippen LogP contribution in [0.4, 0.5) is 4.39 Å². The van der Waals surface area contributed by atoms with Gasteiger partial charge < -0.3 is 15.4 Å². The van der Waals surface area contributed by atoms with Crippen molar-refractivity contribution in [1.82, 2.24) is 20.4 Å². The van der Waals surface area contributed by atoms with E-state index in [0.29, 0.717) is 38.6 Å². The van der Waals surface area contributed by atoms with E-state index < -0.39 is 11.4 Å². The van der Waals surface area contributed by atoms with Gasteiger partial charge in [-0.2, -0.15) is 5.10 Å². The van der Waals surface area contributed by atoms with Crippen LogP contribution in [0.5, 0.6) is 5.75 Å². The molecule has 1 aromatic carbocycles. The zero-order chi connectivity index (χ0) is 20.7. The van der Waals surface area contributed by atoms with E-state index in [0.717, 1.165) is 18.5 Å². The number of amides is 2. The summed E-state index contributed by atoms with van der Waals surface area (Å²) < 4.78 is 20.6. The lowest BCUT2D eigenvalue weighted by Gasteiger charge is -2.29. The second-order valence-corrected chi connectivity index (χ2v) is 7.45. The number of nitrogens with zero attached hydrogens (tertiary/aromatic N) is 2. The van der Waals surface area contributed by atoms with E-state index >= 15 is 0 Å². The number of aromatic nitrogens is 2. The van der Waals surface area contributed by atoms with Crippen molar-refractivity contribution in [3.8, 4) is 5.75 Å². The van der Waals surface area contributed by atoms with Gasteiger partial charge in [-0.25, -0.2) is 4.39 Å². The van der Waals surface area contributed by atoms with Gasteiger partial charge in [0.2, 0.25) is 11.8 Å². The molecule has 3 rings (SSSR count). The first-order valence-electron chi connectivity index (χ1n) is 9.87. The monoisotopic (exact) mass is 402 g/mol. The fourth-order valence-electron chi connectivity index (χ4n) is 3.73. The van der Waals surface area contributed by atoms with Crippen LogP contribution in [0.15, 0.2) is 36.7 Å². The number of rotatable bonds is 10. The lowest BCUT2D eigenvalue weighted by molar-refractivity contribution is -0.122. The first kappa shape index (κ1) is 20.8. The van der Waals surface area contributed by atoms with Crippen LogP contribution in [0.25, 0.3) is 0 Å². The van der Waals surface area contributed by atoms with Gasteiger partial charge in [-0.15, -0.1) is 0 Å². The van der Waals surface area contributed by atoms with Gasteiger partial charge in [-0.3, -0.25) is 14.3 Å². The quantitative estimate of drug-likeness (QED) is 0.597. The molecule has 2 aromatic rings. The molecule has 1 saturated heterocycles. The van der Waals surface area contributed by atoms with Crippen LogP contribution >= 0.6 is 0 Å². The average Bonchev–Trinajstić information content (AvgIpc) is 3.35. The van der Waals surface area contributed by atoms with E-state index in [9.17, 15) is 14.0 Å². The van der Waals surface area contributed by atoms with E-state index in [4.69, 9.17) is 4.74 Å². The smallest absolute Gasteiger partial charge is 0.220 e. The SMILES string of the molecule is COc1cc(CC2(CCC(=O)NCCCn3cccn3)CCC(=O)N2)ccc1F. The Morgan fingerprint density at radius 2 is 2.31 bits per heavy atom. The Hall–Kier alpha value is -2.90. The van der Waals surface area contributed by atoms with Crippen LogP contribution < -0.4 is 15.4 Å². The molecule has 1 atom stereocenters. The zero-order valence-corrected chi connectivity index (χ0v) is 16.6. The number of carbonyl (C=O) groups excluding carboxylic acids is 2. The first-order valence-corrected chi connectivity index (χ1v) is 9.87. The molecule has 0 saturated carbocycles. The Morgan fingerprint density at radius 3 is 3.00 bits per heavy atom. The molecule has 1 aromatic heterocycles. The highest BCUT2D eigenvalue weighted by molar-refractivity contribution is 5.80. The minimum absolute atomic E-state index is 0.0151. The van der Waals surface area contributed by atoms with Gasteiger partial charge in [-0.1, -0.05) is 6.07 Å². The zero-order valence-electron chi connectivity index (χ0n) is 16.6. The molecular formula is C21H27FN4O3. The molecule has 0 aliphatic carbocycles. The third-order valence-electron chi connectivity index (χ3n) is 5.27. The summed E-state index contributed by atoms with van der Waals surface area (Å²) in [4.78, 5) is 24.2. The Morgan fingerprint density at radius 1 is 1.45 bits per heavy atom. The summed E-state index contributed by atoms with van der Waals surface area (Å²) in [6.07, 6.45) is 6.88. The lowest BCUT2D eigenvalue weighted by Crippen LogP contribution is -2.44. The molecule has 1 aliphatic heterocycles. The van der Waals surface area contributed by atoms with Gasteiger partial charge in [0.15, 0.2) is 11.6 Å². The van der Waals surface area contributed by atoms with Crippen molar-refractivity contribution < 1.29 is 18.7 Å². The van der Waals surface area contributed by atoms with E-state index in [2.05, 4.69) is 15.7 Å². The Kier molecular flexibility index (Phi) is 6.85. The summed E-state index contributed by atoms with van der Waals surface area (Å²) in [5.41, 5.74) is 0.372. The number of nitrogens with one attached hydrogen (secondary N) is 2. The number of ether oxygens (including phenoxy) is 1. The highest BCUT2D eigenvalue weighted by atomic mass is 19.1. The van der Waals surface area contributed by atoms with Crippen LogP contribution in [-0.4, -0.2) is 40.8 Å². The Balaban J connectivity index is 1.52. The fourth-order valence-corrected chi connectivity index (χ4v) is 3.73. The van der Waals surface area contributed by atoms with Crippen molar-refractivity contribution in [3.63, 3.8) is 0 Å². The van der Waals surface area contributed by atoms with Crippen molar-refractivity contribution in [2.45, 2.75) is 50.6 Å². The standard InChI is InChI=1S/C21H27FN4O3/c1-29-18-14-16(4-5-17(18)22)15-21(9-7-20(28)25-21)8-6-19(27)23-10-2-12-26-13-3-11-24-26/h3-5,11,13-14H,2,6-10,12,15H2,1H3,(H,23,27)(H,25,28). The van der Waals surface area contributed by atoms with Gasteiger partial charge in [0.1, 0.15) is 0 Å². The summed E-state index contributed by atoms with van der Waals surface area (Å²) in [6.45, 7) is 1.33. The fraction of sp³-hybridized carbons (Fsp3) is 0.476. The Labute approximate surface area is 169 Å². The second-order valence-electron chi connectivity index (χ2n) is 7.45. The maximum Gasteiger partial charge on any atom is 0.220 e. The largest absolute Gasteiger partial charge is 0.494 e. The van der Waals surface area contributed by atoms with Crippen molar-refractivity contribution >= 4 is 11.8 Å². The van der Waals surface area contributed by atoms with Crippen molar-refractivity contribution in [2.75, 3.05) is 13.7 Å². The predicted octanol–water partition coefficient (Wildman–Crippen LogP) is 2.21. The average molecular weight is 402 g/mol. The molecular weight excluding hydrogens is 375 g/mol. The van der Waals surface area contributed by atoms with Gasteiger partial charge in [-0.05, 0) is 49.4 Å². The highest BCUT2D eigenvalue weighted by Gasteiger charge is 2.38. The van der Waals surface area contributed by atoms with Crippen molar-refractivity contribution in [3.05, 3.63) is 48.0 Å². The van der Waals surface area contributed by atoms with Crippen LogP contribution in [-0.2, 0) is 22.6 Å². The molecule has 1 unspecified atom stereocenters. The summed E-state index contributed by atoms with van der Waals surface area (Å²) >= 11 is 0. The highest BCUT2D eigenvalue weighted by Crippen LogP contribution is 2.31. The van der Waals surface area contributed by atoms with Gasteiger partial charge in [0, 0.05) is 43.9 Å². The topological polar surface area (TPSA) is 85.2 Å². The van der Waals surface area contributed by atoms with Crippen LogP contribution in [0.1, 0.15) is 37.7 Å². The maximum absolute atomic E-state index is 13.7. The van der Waals surface area contributed by atoms with Gasteiger partial charge in [0.05, 0.1) is 7.11 Å². The molecule has 2 amide bonds. The van der Waals surface area contributed by atoms with Gasteiger partial charge >= 0.3 is 0 Å². The van der Waals surface area contributed by atoms with E-state index in [-0.39, 0.29) is 17.6 Å². The predicted molar refractivity (Wildman–Crippen MR) is 106 cm³/mol. The number of aryl methyl sites for hydroxylation is 1. The third-order valence-corrected chi connectivity index (χ3v) is 5.27. The van der Waals surface area contributed by atoms with E-state index in [1.165, 1.54) is 13.2 Å². The third kappa shape index (κ3) is 5.79. The number of hydrogen-bond donors (Lipinski definition) is 2. The number of halogens is 1. The molecule has 0 radical (unpaired) electrons. The van der Waals surface area contributed by atoms with Gasteiger partial charge in [0.25, 0.3) is 0 Å². The van der Waals surface area contributed by atoms with Crippen LogP contribution in [0, 0.1) is 5.82 Å². The van der Waals surface area contributed by atoms with Crippen molar-refractivity contribution in [1.29, 1.82) is 0 Å². The summed E-state index contributed by atoms with van der Waals surface area (Å²) in [5.74, 6) is -0.298. The molecule has 1 fully saturated rings. The summed E-state index contributed by atoms with van der Waals surface area (Å²) in [7, 11) is 1.42.